The maximum atomic E-state index is 11.9. The Morgan fingerprint density at radius 1 is 1.38 bits per heavy atom. The van der Waals surface area contributed by atoms with E-state index < -0.39 is 9.84 Å². The van der Waals surface area contributed by atoms with Gasteiger partial charge in [0.15, 0.2) is 0 Å². The molecule has 0 radical (unpaired) electrons. The van der Waals surface area contributed by atoms with Gasteiger partial charge in [-0.05, 0) is 19.3 Å². The molecule has 16 heavy (non-hydrogen) atoms. The Bertz CT molecular complexity index is 376. The highest BCUT2D eigenvalue weighted by molar-refractivity contribution is 7.90. The normalized spacial score (nSPS) is 26.4. The first-order valence-corrected chi connectivity index (χ1v) is 7.74. The van der Waals surface area contributed by atoms with Crippen LogP contribution in [0.4, 0.5) is 0 Å². The molecule has 2 rings (SSSR count). The summed E-state index contributed by atoms with van der Waals surface area (Å²) in [5.74, 6) is 0.130. The summed E-state index contributed by atoms with van der Waals surface area (Å²) < 4.78 is 22.0. The molecule has 0 bridgehead atoms. The van der Waals surface area contributed by atoms with Crippen LogP contribution in [0.2, 0.25) is 0 Å². The van der Waals surface area contributed by atoms with E-state index in [0.717, 1.165) is 19.3 Å². The Morgan fingerprint density at radius 2 is 2.06 bits per heavy atom. The van der Waals surface area contributed by atoms with E-state index in [1.54, 1.807) is 4.90 Å². The number of nitrogens with one attached hydrogen (secondary N) is 1. The second-order valence-electron chi connectivity index (χ2n) is 4.74. The second kappa shape index (κ2) is 4.33. The lowest BCUT2D eigenvalue weighted by Crippen LogP contribution is -2.40. The molecule has 1 aliphatic heterocycles. The SMILES string of the molecule is CS(=O)(=O)CCN1CCC(NC2CC2)C1=O. The summed E-state index contributed by atoms with van der Waals surface area (Å²) in [5.41, 5.74) is 0. The fourth-order valence-corrected chi connectivity index (χ4v) is 2.48. The van der Waals surface area contributed by atoms with Crippen molar-refractivity contribution in [3.63, 3.8) is 0 Å². The van der Waals surface area contributed by atoms with Crippen molar-refractivity contribution in [3.8, 4) is 0 Å². The quantitative estimate of drug-likeness (QED) is 0.702. The van der Waals surface area contributed by atoms with Crippen molar-refractivity contribution >= 4 is 15.7 Å². The minimum atomic E-state index is -2.98. The maximum Gasteiger partial charge on any atom is 0.239 e. The van der Waals surface area contributed by atoms with Gasteiger partial charge in [0.25, 0.3) is 0 Å². The Kier molecular flexibility index (Phi) is 3.21. The lowest BCUT2D eigenvalue weighted by molar-refractivity contribution is -0.129. The minimum Gasteiger partial charge on any atom is -0.340 e. The lowest BCUT2D eigenvalue weighted by atomic mass is 10.2. The van der Waals surface area contributed by atoms with Crippen LogP contribution in [0.15, 0.2) is 0 Å². The monoisotopic (exact) mass is 246 g/mol. The van der Waals surface area contributed by atoms with Crippen LogP contribution in [0.25, 0.3) is 0 Å². The minimum absolute atomic E-state index is 0.0644. The van der Waals surface area contributed by atoms with Crippen LogP contribution in [0, 0.1) is 0 Å². The average molecular weight is 246 g/mol. The fraction of sp³-hybridized carbons (Fsp3) is 0.900. The lowest BCUT2D eigenvalue weighted by Gasteiger charge is -2.16. The number of nitrogens with zero attached hydrogens (tertiary/aromatic N) is 1. The predicted molar refractivity (Wildman–Crippen MR) is 60.9 cm³/mol. The second-order valence-corrected chi connectivity index (χ2v) is 7.00. The molecule has 0 aromatic carbocycles. The Balaban J connectivity index is 1.81. The number of hydrogen-bond donors (Lipinski definition) is 1. The van der Waals surface area contributed by atoms with Gasteiger partial charge in [0.2, 0.25) is 5.91 Å². The van der Waals surface area contributed by atoms with Crippen LogP contribution < -0.4 is 5.32 Å². The number of sulfone groups is 1. The van der Waals surface area contributed by atoms with Crippen LogP contribution in [-0.2, 0) is 14.6 Å². The molecule has 2 aliphatic rings. The zero-order valence-electron chi connectivity index (χ0n) is 9.48. The van der Waals surface area contributed by atoms with Gasteiger partial charge in [-0.3, -0.25) is 4.79 Å². The number of carbonyl (C=O) groups is 1. The first-order chi connectivity index (χ1) is 7.46. The number of amides is 1. The molecule has 1 amide bonds. The number of likely N-dealkylation sites (tertiary alicyclic amines) is 1. The van der Waals surface area contributed by atoms with Gasteiger partial charge < -0.3 is 10.2 Å². The van der Waals surface area contributed by atoms with Gasteiger partial charge in [-0.1, -0.05) is 0 Å². The molecule has 6 heteroatoms. The van der Waals surface area contributed by atoms with Crippen molar-refractivity contribution in [1.82, 2.24) is 10.2 Å². The maximum absolute atomic E-state index is 11.9. The van der Waals surface area contributed by atoms with Crippen LogP contribution in [0.1, 0.15) is 19.3 Å². The first-order valence-electron chi connectivity index (χ1n) is 5.68. The van der Waals surface area contributed by atoms with E-state index in [0.29, 0.717) is 19.1 Å². The van der Waals surface area contributed by atoms with Crippen LogP contribution in [0.5, 0.6) is 0 Å². The molecular formula is C10H18N2O3S. The summed E-state index contributed by atoms with van der Waals surface area (Å²) in [7, 11) is -2.98. The van der Waals surface area contributed by atoms with Crippen molar-refractivity contribution in [3.05, 3.63) is 0 Å². The highest BCUT2D eigenvalue weighted by Crippen LogP contribution is 2.22. The summed E-state index contributed by atoms with van der Waals surface area (Å²) in [4.78, 5) is 13.5. The van der Waals surface area contributed by atoms with Crippen molar-refractivity contribution < 1.29 is 13.2 Å². The van der Waals surface area contributed by atoms with Gasteiger partial charge in [0.05, 0.1) is 11.8 Å². The van der Waals surface area contributed by atoms with Gasteiger partial charge in [-0.2, -0.15) is 0 Å². The van der Waals surface area contributed by atoms with Crippen molar-refractivity contribution in [2.75, 3.05) is 25.1 Å². The molecule has 1 N–H and O–H groups in total. The molecule has 1 saturated carbocycles. The highest BCUT2D eigenvalue weighted by atomic mass is 32.2. The number of rotatable bonds is 5. The number of hydrogen-bond acceptors (Lipinski definition) is 4. The summed E-state index contributed by atoms with van der Waals surface area (Å²) in [6, 6.07) is 0.441. The zero-order chi connectivity index (χ0) is 11.8. The summed E-state index contributed by atoms with van der Waals surface area (Å²) in [6.45, 7) is 1.01. The predicted octanol–water partition coefficient (Wildman–Crippen LogP) is -0.616. The number of carbonyl (C=O) groups excluding carboxylic acids is 1. The summed E-state index contributed by atoms with van der Waals surface area (Å²) in [6.07, 6.45) is 4.33. The van der Waals surface area contributed by atoms with Gasteiger partial charge >= 0.3 is 0 Å². The Labute approximate surface area is 96.1 Å². The highest BCUT2D eigenvalue weighted by Gasteiger charge is 2.35. The summed E-state index contributed by atoms with van der Waals surface area (Å²) in [5, 5.41) is 3.29. The third-order valence-electron chi connectivity index (χ3n) is 3.04. The molecule has 5 nitrogen and oxygen atoms in total. The largest absolute Gasteiger partial charge is 0.340 e. The molecule has 1 atom stereocenters. The van der Waals surface area contributed by atoms with Crippen molar-refractivity contribution in [2.24, 2.45) is 0 Å². The van der Waals surface area contributed by atoms with E-state index >= 15 is 0 Å². The molecule has 1 saturated heterocycles. The molecule has 92 valence electrons. The first kappa shape index (κ1) is 11.9. The average Bonchev–Trinajstić information content (AvgIpc) is 2.91. The molecule has 0 spiro atoms. The van der Waals surface area contributed by atoms with E-state index in [1.165, 1.54) is 6.26 Å². The molecule has 1 unspecified atom stereocenters. The van der Waals surface area contributed by atoms with Gasteiger partial charge in [-0.25, -0.2) is 8.42 Å². The molecule has 1 aliphatic carbocycles. The van der Waals surface area contributed by atoms with Crippen molar-refractivity contribution in [1.29, 1.82) is 0 Å². The molecule has 0 aromatic heterocycles. The Hall–Kier alpha value is -0.620. The van der Waals surface area contributed by atoms with E-state index in [1.807, 2.05) is 0 Å². The molecule has 2 fully saturated rings. The third-order valence-corrected chi connectivity index (χ3v) is 3.97. The topological polar surface area (TPSA) is 66.5 Å². The van der Waals surface area contributed by atoms with Gasteiger partial charge in [-0.15, -0.1) is 0 Å². The summed E-state index contributed by atoms with van der Waals surface area (Å²) >= 11 is 0. The third kappa shape index (κ3) is 3.18. The van der Waals surface area contributed by atoms with Gasteiger partial charge in [0.1, 0.15) is 9.84 Å². The van der Waals surface area contributed by atoms with Crippen LogP contribution in [-0.4, -0.2) is 56.4 Å². The Morgan fingerprint density at radius 3 is 2.62 bits per heavy atom. The standard InChI is InChI=1S/C10H18N2O3S/c1-16(14,15)7-6-12-5-4-9(10(12)13)11-8-2-3-8/h8-9,11H,2-7H2,1H3. The van der Waals surface area contributed by atoms with E-state index in [9.17, 15) is 13.2 Å². The van der Waals surface area contributed by atoms with Crippen LogP contribution >= 0.6 is 0 Å². The fourth-order valence-electron chi connectivity index (χ4n) is 1.93. The molecule has 0 aromatic rings. The van der Waals surface area contributed by atoms with E-state index in [4.69, 9.17) is 0 Å². The van der Waals surface area contributed by atoms with E-state index in [-0.39, 0.29) is 17.7 Å². The molecular weight excluding hydrogens is 228 g/mol. The smallest absolute Gasteiger partial charge is 0.239 e. The van der Waals surface area contributed by atoms with Crippen LogP contribution in [0.3, 0.4) is 0 Å². The molecule has 1 heterocycles. The zero-order valence-corrected chi connectivity index (χ0v) is 10.3. The van der Waals surface area contributed by atoms with E-state index in [2.05, 4.69) is 5.32 Å². The van der Waals surface area contributed by atoms with Crippen molar-refractivity contribution in [2.45, 2.75) is 31.3 Å². The van der Waals surface area contributed by atoms with Gasteiger partial charge in [0, 0.05) is 25.4 Å².